The van der Waals surface area contributed by atoms with Crippen molar-refractivity contribution >= 4 is 11.8 Å². The lowest BCUT2D eigenvalue weighted by Gasteiger charge is -2.41. The molecule has 2 aromatic heterocycles. The molecule has 26 heavy (non-hydrogen) atoms. The number of halogens is 3. The third-order valence-electron chi connectivity index (χ3n) is 4.52. The van der Waals surface area contributed by atoms with E-state index in [0.717, 1.165) is 0 Å². The van der Waals surface area contributed by atoms with E-state index in [1.54, 1.807) is 11.1 Å². The number of hydrogen-bond donors (Lipinski definition) is 1. The van der Waals surface area contributed by atoms with Gasteiger partial charge in [0, 0.05) is 25.5 Å². The number of likely N-dealkylation sites (tertiary alicyclic amines) is 1. The largest absolute Gasteiger partial charge is 0.472 e. The molecule has 0 atom stereocenters. The summed E-state index contributed by atoms with van der Waals surface area (Å²) in [6.07, 6.45) is 2.98. The molecule has 1 fully saturated rings. The van der Waals surface area contributed by atoms with Gasteiger partial charge in [-0.25, -0.2) is 4.98 Å². The van der Waals surface area contributed by atoms with Gasteiger partial charge < -0.3 is 19.2 Å². The first-order chi connectivity index (χ1) is 12.3. The Hall–Kier alpha value is -2.78. The van der Waals surface area contributed by atoms with Crippen LogP contribution >= 0.6 is 0 Å². The van der Waals surface area contributed by atoms with Gasteiger partial charge in [0.1, 0.15) is 18.3 Å². The maximum absolute atomic E-state index is 12.6. The molecule has 1 aliphatic heterocycles. The van der Waals surface area contributed by atoms with Crippen molar-refractivity contribution < 1.29 is 27.2 Å². The monoisotopic (exact) mass is 370 g/mol. The van der Waals surface area contributed by atoms with Crippen molar-refractivity contribution in [3.05, 3.63) is 42.9 Å². The molecule has 10 heteroatoms. The molecule has 1 N–H and O–H groups in total. The van der Waals surface area contributed by atoms with Gasteiger partial charge in [0.15, 0.2) is 0 Å². The summed E-state index contributed by atoms with van der Waals surface area (Å²) in [6, 6.07) is 1.54. The smallest absolute Gasteiger partial charge is 0.405 e. The van der Waals surface area contributed by atoms with Crippen molar-refractivity contribution in [2.45, 2.75) is 24.6 Å². The van der Waals surface area contributed by atoms with Gasteiger partial charge in [-0.2, -0.15) is 13.2 Å². The van der Waals surface area contributed by atoms with E-state index < -0.39 is 24.2 Å². The number of aromatic nitrogens is 2. The number of alkyl halides is 3. The predicted molar refractivity (Wildman–Crippen MR) is 83.1 cm³/mol. The van der Waals surface area contributed by atoms with Crippen molar-refractivity contribution in [1.82, 2.24) is 19.8 Å². The second-order valence-electron chi connectivity index (χ2n) is 6.10. The van der Waals surface area contributed by atoms with Gasteiger partial charge in [0.2, 0.25) is 5.91 Å². The van der Waals surface area contributed by atoms with Crippen LogP contribution in [0.5, 0.6) is 0 Å². The first kappa shape index (κ1) is 18.0. The van der Waals surface area contributed by atoms with Gasteiger partial charge >= 0.3 is 6.18 Å². The molecule has 3 heterocycles. The Morgan fingerprint density at radius 2 is 2.04 bits per heavy atom. The zero-order chi connectivity index (χ0) is 18.8. The average Bonchev–Trinajstić information content (AvgIpc) is 3.31. The molecule has 0 aliphatic carbocycles. The van der Waals surface area contributed by atoms with Crippen LogP contribution in [-0.4, -0.2) is 52.1 Å². The lowest BCUT2D eigenvalue weighted by molar-refractivity contribution is -0.145. The molecule has 1 aliphatic rings. The highest BCUT2D eigenvalue weighted by molar-refractivity contribution is 5.94. The highest BCUT2D eigenvalue weighted by atomic mass is 19.4. The minimum atomic E-state index is -4.50. The van der Waals surface area contributed by atoms with Gasteiger partial charge in [-0.05, 0) is 18.9 Å². The van der Waals surface area contributed by atoms with Crippen LogP contribution in [0.25, 0.3) is 0 Å². The summed E-state index contributed by atoms with van der Waals surface area (Å²) in [5.74, 6) is -0.975. The normalized spacial score (nSPS) is 17.1. The maximum Gasteiger partial charge on any atom is 0.405 e. The summed E-state index contributed by atoms with van der Waals surface area (Å²) < 4.78 is 43.8. The Morgan fingerprint density at radius 3 is 2.58 bits per heavy atom. The lowest BCUT2D eigenvalue weighted by Crippen LogP contribution is -2.56. The van der Waals surface area contributed by atoms with E-state index >= 15 is 0 Å². The van der Waals surface area contributed by atoms with E-state index in [1.165, 1.54) is 35.7 Å². The summed E-state index contributed by atoms with van der Waals surface area (Å²) >= 11 is 0. The van der Waals surface area contributed by atoms with Gasteiger partial charge in [0.25, 0.3) is 5.91 Å². The third kappa shape index (κ3) is 3.58. The molecule has 1 saturated heterocycles. The summed E-state index contributed by atoms with van der Waals surface area (Å²) in [5, 5.41) is 1.96. The molecular formula is C16H17F3N4O3. The minimum absolute atomic E-state index is 0.177. The van der Waals surface area contributed by atoms with Crippen LogP contribution in [0, 0.1) is 0 Å². The SMILES string of the molecule is O=C(c1ccoc1)N1CCC(C(=O)NCC(F)(F)F)(n2ccnc2)CC1. The number of carbonyl (C=O) groups excluding carboxylic acids is 2. The van der Waals surface area contributed by atoms with Crippen LogP contribution in [0.1, 0.15) is 23.2 Å². The van der Waals surface area contributed by atoms with Gasteiger partial charge in [0.05, 0.1) is 18.2 Å². The number of imidazole rings is 1. The number of rotatable bonds is 4. The van der Waals surface area contributed by atoms with E-state index in [2.05, 4.69) is 4.98 Å². The Morgan fingerprint density at radius 1 is 1.31 bits per heavy atom. The highest BCUT2D eigenvalue weighted by Crippen LogP contribution is 2.31. The average molecular weight is 370 g/mol. The van der Waals surface area contributed by atoms with Crippen molar-refractivity contribution in [3.8, 4) is 0 Å². The van der Waals surface area contributed by atoms with E-state index in [4.69, 9.17) is 4.42 Å². The van der Waals surface area contributed by atoms with Gasteiger partial charge in [-0.15, -0.1) is 0 Å². The molecule has 0 saturated carbocycles. The van der Waals surface area contributed by atoms with Crippen LogP contribution in [0.15, 0.2) is 41.7 Å². The van der Waals surface area contributed by atoms with Crippen LogP contribution in [0.4, 0.5) is 13.2 Å². The molecule has 7 nitrogen and oxygen atoms in total. The molecule has 0 spiro atoms. The molecule has 2 aromatic rings. The van der Waals surface area contributed by atoms with Crippen molar-refractivity contribution in [1.29, 1.82) is 0 Å². The highest BCUT2D eigenvalue weighted by Gasteiger charge is 2.44. The second kappa shape index (κ2) is 6.85. The van der Waals surface area contributed by atoms with E-state index in [1.807, 2.05) is 5.32 Å². The summed E-state index contributed by atoms with van der Waals surface area (Å²) in [5.41, 5.74) is -0.823. The summed E-state index contributed by atoms with van der Waals surface area (Å²) in [6.45, 7) is -0.955. The molecular weight excluding hydrogens is 353 g/mol. The van der Waals surface area contributed by atoms with Crippen molar-refractivity contribution in [3.63, 3.8) is 0 Å². The molecule has 0 unspecified atom stereocenters. The van der Waals surface area contributed by atoms with Crippen LogP contribution in [-0.2, 0) is 10.3 Å². The van der Waals surface area contributed by atoms with Crippen molar-refractivity contribution in [2.75, 3.05) is 19.6 Å². The van der Waals surface area contributed by atoms with E-state index in [9.17, 15) is 22.8 Å². The first-order valence-corrected chi connectivity index (χ1v) is 7.97. The summed E-state index contributed by atoms with van der Waals surface area (Å²) in [4.78, 5) is 30.4. The zero-order valence-corrected chi connectivity index (χ0v) is 13.7. The van der Waals surface area contributed by atoms with Crippen molar-refractivity contribution in [2.24, 2.45) is 0 Å². The molecule has 0 radical (unpaired) electrons. The molecule has 0 aromatic carbocycles. The fourth-order valence-electron chi connectivity index (χ4n) is 3.11. The topological polar surface area (TPSA) is 80.4 Å². The fourth-order valence-corrected chi connectivity index (χ4v) is 3.11. The fraction of sp³-hybridized carbons (Fsp3) is 0.438. The zero-order valence-electron chi connectivity index (χ0n) is 13.7. The number of nitrogens with zero attached hydrogens (tertiary/aromatic N) is 3. The number of hydrogen-bond acceptors (Lipinski definition) is 4. The Labute approximate surface area is 146 Å². The maximum atomic E-state index is 12.6. The molecule has 3 rings (SSSR count). The standard InChI is InChI=1S/C16H17F3N4O3/c17-16(18,19)10-21-14(25)15(23-7-4-20-11-23)2-5-22(6-3-15)13(24)12-1-8-26-9-12/h1,4,7-9,11H,2-3,5-6,10H2,(H,21,25). The molecule has 0 bridgehead atoms. The summed E-state index contributed by atoms with van der Waals surface area (Å²) in [7, 11) is 0. The number of nitrogens with one attached hydrogen (secondary N) is 1. The predicted octanol–water partition coefficient (Wildman–Crippen LogP) is 1.79. The second-order valence-corrected chi connectivity index (χ2v) is 6.10. The number of piperidine rings is 1. The number of amides is 2. The van der Waals surface area contributed by atoms with Gasteiger partial charge in [-0.3, -0.25) is 9.59 Å². The minimum Gasteiger partial charge on any atom is -0.472 e. The third-order valence-corrected chi connectivity index (χ3v) is 4.52. The van der Waals surface area contributed by atoms with Crippen LogP contribution in [0.2, 0.25) is 0 Å². The Bertz CT molecular complexity index is 748. The van der Waals surface area contributed by atoms with Crippen LogP contribution in [0.3, 0.4) is 0 Å². The lowest BCUT2D eigenvalue weighted by atomic mass is 9.85. The first-order valence-electron chi connectivity index (χ1n) is 7.97. The molecule has 140 valence electrons. The van der Waals surface area contributed by atoms with E-state index in [-0.39, 0.29) is 31.8 Å². The Balaban J connectivity index is 1.75. The number of furan rings is 1. The van der Waals surface area contributed by atoms with Gasteiger partial charge in [-0.1, -0.05) is 0 Å². The van der Waals surface area contributed by atoms with E-state index in [0.29, 0.717) is 5.56 Å². The molecule has 2 amide bonds. The van der Waals surface area contributed by atoms with Crippen LogP contribution < -0.4 is 5.32 Å². The number of carbonyl (C=O) groups is 2. The Kier molecular flexibility index (Phi) is 4.75. The quantitative estimate of drug-likeness (QED) is 0.890.